The van der Waals surface area contributed by atoms with E-state index in [9.17, 15) is 9.50 Å². The Hall–Kier alpha value is -1.95. The Morgan fingerprint density at radius 3 is 2.64 bits per heavy atom. The first-order valence-corrected chi connectivity index (χ1v) is 8.60. The van der Waals surface area contributed by atoms with Crippen LogP contribution in [0.3, 0.4) is 0 Å². The van der Waals surface area contributed by atoms with Crippen LogP contribution < -0.4 is 4.74 Å². The minimum absolute atomic E-state index is 0.00960. The summed E-state index contributed by atoms with van der Waals surface area (Å²) in [6.45, 7) is 4.02. The van der Waals surface area contributed by atoms with Gasteiger partial charge >= 0.3 is 0 Å². The Balaban J connectivity index is 1.53. The van der Waals surface area contributed by atoms with E-state index in [0.717, 1.165) is 12.1 Å². The highest BCUT2D eigenvalue weighted by Crippen LogP contribution is 2.25. The minimum Gasteiger partial charge on any atom is -0.488 e. The van der Waals surface area contributed by atoms with E-state index >= 15 is 0 Å². The number of ether oxygens (including phenoxy) is 2. The second-order valence-electron chi connectivity index (χ2n) is 6.46. The Morgan fingerprint density at radius 1 is 1.16 bits per heavy atom. The van der Waals surface area contributed by atoms with Crippen LogP contribution in [0.1, 0.15) is 18.6 Å². The molecule has 1 saturated heterocycles. The molecule has 0 radical (unpaired) electrons. The van der Waals surface area contributed by atoms with Crippen LogP contribution in [0.25, 0.3) is 0 Å². The quantitative estimate of drug-likeness (QED) is 0.874. The van der Waals surface area contributed by atoms with Crippen molar-refractivity contribution in [1.29, 1.82) is 0 Å². The minimum atomic E-state index is -0.693. The molecule has 1 fully saturated rings. The molecule has 4 nitrogen and oxygen atoms in total. The number of morpholine rings is 1. The highest BCUT2D eigenvalue weighted by molar-refractivity contribution is 5.23. The fourth-order valence-corrected chi connectivity index (χ4v) is 3.14. The topological polar surface area (TPSA) is 41.9 Å². The molecule has 1 heterocycles. The number of hydrogen-bond acceptors (Lipinski definition) is 4. The van der Waals surface area contributed by atoms with Gasteiger partial charge in [0, 0.05) is 19.6 Å². The summed E-state index contributed by atoms with van der Waals surface area (Å²) in [7, 11) is 0. The van der Waals surface area contributed by atoms with Gasteiger partial charge in [0.2, 0.25) is 0 Å². The maximum absolute atomic E-state index is 13.6. The molecule has 0 amide bonds. The van der Waals surface area contributed by atoms with Gasteiger partial charge in [0.1, 0.15) is 12.7 Å². The molecule has 2 aromatic rings. The number of halogens is 1. The van der Waals surface area contributed by atoms with Gasteiger partial charge < -0.3 is 14.6 Å². The smallest absolute Gasteiger partial charge is 0.165 e. The molecule has 1 aliphatic heterocycles. The summed E-state index contributed by atoms with van der Waals surface area (Å²) >= 11 is 0. The molecule has 0 aromatic heterocycles. The number of nitrogens with zero attached hydrogens (tertiary/aromatic N) is 1. The Bertz CT molecular complexity index is 667. The molecule has 1 N–H and O–H groups in total. The van der Waals surface area contributed by atoms with Crippen LogP contribution in [0.4, 0.5) is 4.39 Å². The van der Waals surface area contributed by atoms with Gasteiger partial charge in [-0.3, -0.25) is 4.90 Å². The maximum Gasteiger partial charge on any atom is 0.165 e. The Kier molecular flexibility index (Phi) is 6.02. The zero-order valence-electron chi connectivity index (χ0n) is 14.3. The predicted octanol–water partition coefficient (Wildman–Crippen LogP) is 3.03. The van der Waals surface area contributed by atoms with Gasteiger partial charge in [0.15, 0.2) is 11.6 Å². The van der Waals surface area contributed by atoms with Crippen molar-refractivity contribution in [2.24, 2.45) is 0 Å². The molecular weight excluding hydrogens is 321 g/mol. The molecule has 25 heavy (non-hydrogen) atoms. The van der Waals surface area contributed by atoms with E-state index < -0.39 is 11.9 Å². The molecule has 0 bridgehead atoms. The van der Waals surface area contributed by atoms with Crippen LogP contribution in [-0.2, 0) is 4.74 Å². The summed E-state index contributed by atoms with van der Waals surface area (Å²) in [5.74, 6) is -0.252. The highest BCUT2D eigenvalue weighted by Gasteiger charge is 2.27. The molecule has 0 aliphatic carbocycles. The van der Waals surface area contributed by atoms with Crippen LogP contribution >= 0.6 is 0 Å². The number of rotatable bonds is 6. The van der Waals surface area contributed by atoms with Gasteiger partial charge in [-0.15, -0.1) is 0 Å². The van der Waals surface area contributed by atoms with E-state index in [-0.39, 0.29) is 24.6 Å². The summed E-state index contributed by atoms with van der Waals surface area (Å²) < 4.78 is 25.0. The fraction of sp³-hybridized carbons (Fsp3) is 0.400. The van der Waals surface area contributed by atoms with Gasteiger partial charge in [-0.2, -0.15) is 0 Å². The molecule has 2 aromatic carbocycles. The Labute approximate surface area is 147 Å². The first-order chi connectivity index (χ1) is 12.1. The van der Waals surface area contributed by atoms with Crippen LogP contribution in [0, 0.1) is 5.82 Å². The second-order valence-corrected chi connectivity index (χ2v) is 6.46. The summed E-state index contributed by atoms with van der Waals surface area (Å²) in [5.41, 5.74) is 1.14. The van der Waals surface area contributed by atoms with Crippen molar-refractivity contribution >= 4 is 0 Å². The number of benzene rings is 2. The van der Waals surface area contributed by atoms with Crippen molar-refractivity contribution in [3.63, 3.8) is 0 Å². The van der Waals surface area contributed by atoms with E-state index in [0.29, 0.717) is 13.1 Å². The molecular formula is C20H24FNO3. The third kappa shape index (κ3) is 5.01. The fourth-order valence-electron chi connectivity index (χ4n) is 3.14. The van der Waals surface area contributed by atoms with Gasteiger partial charge in [-0.05, 0) is 24.6 Å². The molecule has 3 unspecified atom stereocenters. The normalized spacial score (nSPS) is 22.5. The van der Waals surface area contributed by atoms with Crippen molar-refractivity contribution in [3.05, 3.63) is 66.0 Å². The molecule has 3 rings (SSSR count). The third-order valence-electron chi connectivity index (χ3n) is 4.24. The lowest BCUT2D eigenvalue weighted by atomic mass is 10.1. The van der Waals surface area contributed by atoms with Crippen molar-refractivity contribution in [2.45, 2.75) is 25.2 Å². The summed E-state index contributed by atoms with van der Waals surface area (Å²) in [4.78, 5) is 2.17. The molecule has 3 atom stereocenters. The monoisotopic (exact) mass is 345 g/mol. The van der Waals surface area contributed by atoms with Crippen molar-refractivity contribution in [3.8, 4) is 5.75 Å². The first-order valence-electron chi connectivity index (χ1n) is 8.60. The lowest BCUT2D eigenvalue weighted by molar-refractivity contribution is -0.0887. The SMILES string of the molecule is CC1CN(CC(O)COc2ccccc2F)CC(c2ccccc2)O1. The van der Waals surface area contributed by atoms with Crippen LogP contribution in [0.15, 0.2) is 54.6 Å². The number of hydrogen-bond donors (Lipinski definition) is 1. The average molecular weight is 345 g/mol. The summed E-state index contributed by atoms with van der Waals surface area (Å²) in [6, 6.07) is 16.3. The number of aliphatic hydroxyl groups is 1. The third-order valence-corrected chi connectivity index (χ3v) is 4.24. The van der Waals surface area contributed by atoms with E-state index in [2.05, 4.69) is 17.0 Å². The number of aliphatic hydroxyl groups excluding tert-OH is 1. The van der Waals surface area contributed by atoms with E-state index in [4.69, 9.17) is 9.47 Å². The number of β-amino-alcohol motifs (C(OH)–C–C–N with tert-alkyl or cyclic N) is 1. The van der Waals surface area contributed by atoms with Crippen LogP contribution in [0.2, 0.25) is 0 Å². The van der Waals surface area contributed by atoms with Gasteiger partial charge in [0.25, 0.3) is 0 Å². The first kappa shape index (κ1) is 17.9. The lowest BCUT2D eigenvalue weighted by Crippen LogP contribution is -2.46. The van der Waals surface area contributed by atoms with Crippen molar-refractivity contribution in [2.75, 3.05) is 26.2 Å². The highest BCUT2D eigenvalue weighted by atomic mass is 19.1. The number of para-hydroxylation sites is 1. The molecule has 5 heteroatoms. The van der Waals surface area contributed by atoms with Gasteiger partial charge in [-0.1, -0.05) is 42.5 Å². The van der Waals surface area contributed by atoms with Crippen LogP contribution in [-0.4, -0.2) is 48.5 Å². The van der Waals surface area contributed by atoms with Gasteiger partial charge in [-0.25, -0.2) is 4.39 Å². The van der Waals surface area contributed by atoms with E-state index in [1.807, 2.05) is 25.1 Å². The summed E-state index contributed by atoms with van der Waals surface area (Å²) in [6.07, 6.45) is -0.621. The standard InChI is InChI=1S/C20H24FNO3/c1-15-11-22(13-20(25-15)16-7-3-2-4-8-16)12-17(23)14-24-19-10-6-5-9-18(19)21/h2-10,15,17,20,23H,11-14H2,1H3. The lowest BCUT2D eigenvalue weighted by Gasteiger charge is -2.37. The molecule has 1 aliphatic rings. The van der Waals surface area contributed by atoms with Crippen LogP contribution in [0.5, 0.6) is 5.75 Å². The zero-order chi connectivity index (χ0) is 17.6. The summed E-state index contributed by atoms with van der Waals surface area (Å²) in [5, 5.41) is 10.3. The van der Waals surface area contributed by atoms with Crippen molar-refractivity contribution < 1.29 is 19.0 Å². The van der Waals surface area contributed by atoms with E-state index in [1.165, 1.54) is 6.07 Å². The second kappa shape index (κ2) is 8.43. The predicted molar refractivity (Wildman–Crippen MR) is 94.1 cm³/mol. The zero-order valence-corrected chi connectivity index (χ0v) is 14.3. The van der Waals surface area contributed by atoms with E-state index in [1.54, 1.807) is 18.2 Å². The van der Waals surface area contributed by atoms with Crippen molar-refractivity contribution in [1.82, 2.24) is 4.90 Å². The van der Waals surface area contributed by atoms with Gasteiger partial charge in [0.05, 0.1) is 12.2 Å². The molecule has 134 valence electrons. The largest absolute Gasteiger partial charge is 0.488 e. The molecule has 0 spiro atoms. The Morgan fingerprint density at radius 2 is 1.88 bits per heavy atom. The average Bonchev–Trinajstić information content (AvgIpc) is 2.61. The maximum atomic E-state index is 13.6. The molecule has 0 saturated carbocycles.